The fourth-order valence-corrected chi connectivity index (χ4v) is 4.73. The Morgan fingerprint density at radius 2 is 1.65 bits per heavy atom. The number of rotatable bonds is 9. The van der Waals surface area contributed by atoms with Crippen LogP contribution in [0.4, 0.5) is 0 Å². The topological polar surface area (TPSA) is 63.6 Å². The molecule has 1 saturated carbocycles. The van der Waals surface area contributed by atoms with Crippen molar-refractivity contribution in [3.63, 3.8) is 0 Å². The second-order valence-corrected chi connectivity index (χ2v) is 8.72. The zero-order valence-electron chi connectivity index (χ0n) is 18.0. The molecule has 4 heteroatoms. The number of aryl methyl sites for hydroxylation is 1. The fraction of sp³-hybridized carbons (Fsp3) is 0.407. The van der Waals surface area contributed by atoms with Crippen molar-refractivity contribution < 1.29 is 19.4 Å². The smallest absolute Gasteiger partial charge is 0.339 e. The van der Waals surface area contributed by atoms with Crippen molar-refractivity contribution in [2.75, 3.05) is 0 Å². The maximum atomic E-state index is 13.1. The zero-order chi connectivity index (χ0) is 21.8. The summed E-state index contributed by atoms with van der Waals surface area (Å²) in [5.74, 6) is -1.48. The van der Waals surface area contributed by atoms with Gasteiger partial charge in [0, 0.05) is 11.8 Å². The zero-order valence-corrected chi connectivity index (χ0v) is 18.0. The highest BCUT2D eigenvalue weighted by Crippen LogP contribution is 2.48. The van der Waals surface area contributed by atoms with Gasteiger partial charge in [-0.1, -0.05) is 67.6 Å². The van der Waals surface area contributed by atoms with Crippen molar-refractivity contribution in [2.24, 2.45) is 11.8 Å². The summed E-state index contributed by atoms with van der Waals surface area (Å²) < 4.78 is 5.71. The Labute approximate surface area is 183 Å². The lowest BCUT2D eigenvalue weighted by atomic mass is 9.81. The molecule has 2 aliphatic rings. The number of Topliss-reactive ketones (excluding diaryl/α,β-unsaturated/α-hetero) is 1. The Hall–Kier alpha value is -2.88. The molecule has 1 N–H and O–H groups in total. The largest absolute Gasteiger partial charge is 0.504 e. The van der Waals surface area contributed by atoms with Gasteiger partial charge in [0.1, 0.15) is 0 Å². The van der Waals surface area contributed by atoms with Gasteiger partial charge in [-0.2, -0.15) is 0 Å². The highest BCUT2D eigenvalue weighted by atomic mass is 16.6. The van der Waals surface area contributed by atoms with Gasteiger partial charge in [0.25, 0.3) is 0 Å². The van der Waals surface area contributed by atoms with Gasteiger partial charge < -0.3 is 9.84 Å². The van der Waals surface area contributed by atoms with Crippen molar-refractivity contribution >= 4 is 11.8 Å². The van der Waals surface area contributed by atoms with E-state index < -0.39 is 17.9 Å². The molecular formula is C27H30O4. The molecule has 4 rings (SSSR count). The van der Waals surface area contributed by atoms with E-state index in [1.165, 1.54) is 5.56 Å². The van der Waals surface area contributed by atoms with E-state index in [4.69, 9.17) is 4.74 Å². The quantitative estimate of drug-likeness (QED) is 0.544. The van der Waals surface area contributed by atoms with E-state index in [9.17, 15) is 14.7 Å². The van der Waals surface area contributed by atoms with Crippen LogP contribution in [0, 0.1) is 11.8 Å². The maximum absolute atomic E-state index is 13.1. The van der Waals surface area contributed by atoms with Gasteiger partial charge in [-0.05, 0) is 55.6 Å². The van der Waals surface area contributed by atoms with Gasteiger partial charge in [0.05, 0.1) is 5.57 Å². The summed E-state index contributed by atoms with van der Waals surface area (Å²) in [6.07, 6.45) is 4.37. The molecule has 2 aromatic rings. The minimum Gasteiger partial charge on any atom is -0.504 e. The molecule has 1 fully saturated rings. The van der Waals surface area contributed by atoms with Gasteiger partial charge in [-0.15, -0.1) is 0 Å². The molecule has 3 atom stereocenters. The van der Waals surface area contributed by atoms with Crippen LogP contribution in [0.1, 0.15) is 56.1 Å². The standard InChI is InChI=1S/C27H30O4/c1-2-19(15-9-12-18-10-5-3-6-11-18)26-25(29)24(28)23(27(30)31-26)22(21-16-17-21)20-13-7-4-8-14-20/h3-8,10-11,13-14,19,21-22,26,28H,2,9,12,15-17H2,1H3. The van der Waals surface area contributed by atoms with Crippen LogP contribution in [0.15, 0.2) is 72.0 Å². The fourth-order valence-electron chi connectivity index (χ4n) is 4.73. The normalized spacial score (nSPS) is 21.0. The van der Waals surface area contributed by atoms with Crippen LogP contribution in [0.25, 0.3) is 0 Å². The number of cyclic esters (lactones) is 1. The van der Waals surface area contributed by atoms with Crippen LogP contribution in [-0.4, -0.2) is 23.0 Å². The lowest BCUT2D eigenvalue weighted by Crippen LogP contribution is -2.42. The summed E-state index contributed by atoms with van der Waals surface area (Å²) in [4.78, 5) is 26.1. The number of benzene rings is 2. The molecule has 4 nitrogen and oxygen atoms in total. The van der Waals surface area contributed by atoms with E-state index in [0.29, 0.717) is 6.42 Å². The number of aliphatic hydroxyl groups excluding tert-OH is 1. The first-order valence-corrected chi connectivity index (χ1v) is 11.4. The summed E-state index contributed by atoms with van der Waals surface area (Å²) in [6.45, 7) is 2.00. The molecule has 2 aromatic carbocycles. The third kappa shape index (κ3) is 4.73. The van der Waals surface area contributed by atoms with E-state index >= 15 is 0 Å². The highest BCUT2D eigenvalue weighted by molar-refractivity contribution is 6.09. The maximum Gasteiger partial charge on any atom is 0.339 e. The van der Waals surface area contributed by atoms with E-state index in [2.05, 4.69) is 12.1 Å². The minimum atomic E-state index is -0.896. The number of carbonyl (C=O) groups is 2. The number of hydrogen-bond donors (Lipinski definition) is 1. The molecule has 31 heavy (non-hydrogen) atoms. The Bertz CT molecular complexity index is 944. The number of ether oxygens (including phenoxy) is 1. The Morgan fingerprint density at radius 3 is 2.26 bits per heavy atom. The minimum absolute atomic E-state index is 0.0973. The van der Waals surface area contributed by atoms with Gasteiger partial charge >= 0.3 is 5.97 Å². The molecular weight excluding hydrogens is 388 g/mol. The molecule has 0 bridgehead atoms. The first-order chi connectivity index (χ1) is 15.1. The van der Waals surface area contributed by atoms with Crippen LogP contribution in [0.5, 0.6) is 0 Å². The van der Waals surface area contributed by atoms with Crippen LogP contribution in [0.2, 0.25) is 0 Å². The van der Waals surface area contributed by atoms with Crippen molar-refractivity contribution in [1.82, 2.24) is 0 Å². The van der Waals surface area contributed by atoms with E-state index in [0.717, 1.165) is 37.7 Å². The molecule has 3 unspecified atom stereocenters. The average molecular weight is 419 g/mol. The number of hydrogen-bond acceptors (Lipinski definition) is 4. The van der Waals surface area contributed by atoms with Crippen molar-refractivity contribution in [3.05, 3.63) is 83.1 Å². The van der Waals surface area contributed by atoms with Crippen LogP contribution in [-0.2, 0) is 20.7 Å². The lowest BCUT2D eigenvalue weighted by Gasteiger charge is -2.31. The Kier molecular flexibility index (Phi) is 6.55. The van der Waals surface area contributed by atoms with Crippen LogP contribution < -0.4 is 0 Å². The van der Waals surface area contributed by atoms with Crippen molar-refractivity contribution in [2.45, 2.75) is 57.5 Å². The second kappa shape index (κ2) is 9.51. The van der Waals surface area contributed by atoms with Crippen molar-refractivity contribution in [3.8, 4) is 0 Å². The highest BCUT2D eigenvalue weighted by Gasteiger charge is 2.46. The van der Waals surface area contributed by atoms with E-state index in [1.807, 2.05) is 55.5 Å². The predicted octanol–water partition coefficient (Wildman–Crippen LogP) is 5.54. The number of ketones is 1. The van der Waals surface area contributed by atoms with Crippen molar-refractivity contribution in [1.29, 1.82) is 0 Å². The first kappa shape index (κ1) is 21.4. The number of aliphatic hydroxyl groups is 1. The Balaban J connectivity index is 1.51. The Morgan fingerprint density at radius 1 is 1.00 bits per heavy atom. The first-order valence-electron chi connectivity index (χ1n) is 11.4. The third-order valence-electron chi connectivity index (χ3n) is 6.60. The van der Waals surface area contributed by atoms with Crippen LogP contribution >= 0.6 is 0 Å². The van der Waals surface area contributed by atoms with Gasteiger partial charge in [-0.25, -0.2) is 4.79 Å². The molecule has 162 valence electrons. The summed E-state index contributed by atoms with van der Waals surface area (Å²) >= 11 is 0. The summed E-state index contributed by atoms with van der Waals surface area (Å²) in [5, 5.41) is 10.9. The summed E-state index contributed by atoms with van der Waals surface area (Å²) in [5.41, 5.74) is 2.35. The van der Waals surface area contributed by atoms with Gasteiger partial charge in [0.15, 0.2) is 11.9 Å². The SMILES string of the molecule is CCC(CCCc1ccccc1)C1OC(=O)C(C(c2ccccc2)C2CC2)=C(O)C1=O. The monoisotopic (exact) mass is 418 g/mol. The lowest BCUT2D eigenvalue weighted by molar-refractivity contribution is -0.158. The molecule has 0 amide bonds. The molecule has 1 aliphatic heterocycles. The summed E-state index contributed by atoms with van der Waals surface area (Å²) in [6, 6.07) is 19.9. The van der Waals surface area contributed by atoms with Crippen LogP contribution in [0.3, 0.4) is 0 Å². The molecule has 0 spiro atoms. The average Bonchev–Trinajstić information content (AvgIpc) is 3.63. The summed E-state index contributed by atoms with van der Waals surface area (Å²) in [7, 11) is 0. The third-order valence-corrected chi connectivity index (χ3v) is 6.60. The number of esters is 1. The van der Waals surface area contributed by atoms with Gasteiger partial charge in [0.2, 0.25) is 5.78 Å². The molecule has 0 radical (unpaired) electrons. The molecule has 0 aromatic heterocycles. The number of carbonyl (C=O) groups excluding carboxylic acids is 2. The van der Waals surface area contributed by atoms with Gasteiger partial charge in [-0.3, -0.25) is 4.79 Å². The molecule has 1 aliphatic carbocycles. The molecule has 0 saturated heterocycles. The van der Waals surface area contributed by atoms with E-state index in [1.54, 1.807) is 0 Å². The van der Waals surface area contributed by atoms with E-state index in [-0.39, 0.29) is 29.1 Å². The second-order valence-electron chi connectivity index (χ2n) is 8.72. The molecule has 1 heterocycles. The predicted molar refractivity (Wildman–Crippen MR) is 120 cm³/mol.